The molecule has 1 aromatic rings. The first kappa shape index (κ1) is 14.8. The van der Waals surface area contributed by atoms with E-state index >= 15 is 0 Å². The Morgan fingerprint density at radius 3 is 2.42 bits per heavy atom. The summed E-state index contributed by atoms with van der Waals surface area (Å²) in [7, 11) is 0. The van der Waals surface area contributed by atoms with E-state index in [0.717, 1.165) is 0 Å². The van der Waals surface area contributed by atoms with Gasteiger partial charge in [0.05, 0.1) is 0 Å². The number of nitrogens with one attached hydrogen (secondary N) is 1. The van der Waals surface area contributed by atoms with Crippen molar-refractivity contribution in [1.82, 2.24) is 5.32 Å². The molecule has 0 radical (unpaired) electrons. The number of carbonyl (C=O) groups excluding carboxylic acids is 1. The second-order valence-electron chi connectivity index (χ2n) is 5.01. The maximum atomic E-state index is 11.7. The summed E-state index contributed by atoms with van der Waals surface area (Å²) in [4.78, 5) is 11.7. The molecule has 0 saturated carbocycles. The second-order valence-corrected chi connectivity index (χ2v) is 5.01. The van der Waals surface area contributed by atoms with Crippen molar-refractivity contribution in [2.24, 2.45) is 10.9 Å². The lowest BCUT2D eigenvalue weighted by Gasteiger charge is -2.23. The van der Waals surface area contributed by atoms with Gasteiger partial charge >= 0.3 is 6.09 Å². The van der Waals surface area contributed by atoms with Gasteiger partial charge in [0.15, 0.2) is 5.84 Å². The van der Waals surface area contributed by atoms with E-state index in [0.29, 0.717) is 5.56 Å². The number of nitrogens with two attached hydrogens (primary N) is 1. The number of alkyl carbamates (subject to hydrolysis) is 1. The van der Waals surface area contributed by atoms with Crippen LogP contribution in [0.2, 0.25) is 0 Å². The van der Waals surface area contributed by atoms with Crippen LogP contribution in [0, 0.1) is 0 Å². The summed E-state index contributed by atoms with van der Waals surface area (Å²) in [6, 6.07) is 8.22. The van der Waals surface area contributed by atoms with Crippen LogP contribution in [0.3, 0.4) is 0 Å². The van der Waals surface area contributed by atoms with E-state index in [4.69, 9.17) is 15.7 Å². The third-order valence-electron chi connectivity index (χ3n) is 2.21. The first-order valence-corrected chi connectivity index (χ1v) is 5.85. The van der Waals surface area contributed by atoms with Crippen LogP contribution in [-0.4, -0.2) is 22.7 Å². The normalized spacial score (nSPS) is 13.7. The van der Waals surface area contributed by atoms with Gasteiger partial charge in [-0.25, -0.2) is 4.79 Å². The molecule has 6 heteroatoms. The van der Waals surface area contributed by atoms with E-state index < -0.39 is 17.7 Å². The smallest absolute Gasteiger partial charge is 0.408 e. The molecule has 0 fully saturated rings. The molecule has 1 atom stereocenters. The van der Waals surface area contributed by atoms with Crippen LogP contribution in [0.5, 0.6) is 0 Å². The van der Waals surface area contributed by atoms with Gasteiger partial charge in [0.25, 0.3) is 0 Å². The molecule has 0 heterocycles. The summed E-state index contributed by atoms with van der Waals surface area (Å²) in [6.45, 7) is 5.27. The van der Waals surface area contributed by atoms with Crippen LogP contribution in [-0.2, 0) is 4.74 Å². The van der Waals surface area contributed by atoms with Crippen LogP contribution in [0.1, 0.15) is 32.4 Å². The molecule has 0 aliphatic rings. The Balaban J connectivity index is 2.86. The number of rotatable bonds is 3. The Kier molecular flexibility index (Phi) is 4.74. The molecule has 1 aromatic carbocycles. The topological polar surface area (TPSA) is 96.9 Å². The molecule has 0 saturated heterocycles. The highest BCUT2D eigenvalue weighted by atomic mass is 16.6. The molecule has 0 spiro atoms. The lowest BCUT2D eigenvalue weighted by Crippen LogP contribution is -2.40. The minimum absolute atomic E-state index is 0.114. The zero-order valence-electron chi connectivity index (χ0n) is 11.3. The van der Waals surface area contributed by atoms with Gasteiger partial charge in [0.2, 0.25) is 0 Å². The molecule has 0 bridgehead atoms. The van der Waals surface area contributed by atoms with Crippen molar-refractivity contribution < 1.29 is 14.7 Å². The standard InChI is InChI=1S/C13H19N3O3/c1-13(2,3)19-12(17)15-10(11(14)16-18)9-7-5-4-6-8-9/h4-8,10,18H,1-3H3,(H2,14,16)(H,15,17)/t10-/m0/s1. The van der Waals surface area contributed by atoms with Crippen LogP contribution >= 0.6 is 0 Å². The van der Waals surface area contributed by atoms with Crippen molar-refractivity contribution in [1.29, 1.82) is 0 Å². The van der Waals surface area contributed by atoms with Crippen LogP contribution < -0.4 is 11.1 Å². The quantitative estimate of drug-likeness (QED) is 0.337. The number of benzene rings is 1. The second kappa shape index (κ2) is 6.08. The summed E-state index contributed by atoms with van der Waals surface area (Å²) >= 11 is 0. The number of nitrogens with zero attached hydrogens (tertiary/aromatic N) is 1. The van der Waals surface area contributed by atoms with Gasteiger partial charge in [-0.1, -0.05) is 35.5 Å². The van der Waals surface area contributed by atoms with Crippen molar-refractivity contribution in [2.75, 3.05) is 0 Å². The minimum atomic E-state index is -0.735. The maximum Gasteiger partial charge on any atom is 0.408 e. The highest BCUT2D eigenvalue weighted by molar-refractivity contribution is 5.89. The number of amides is 1. The summed E-state index contributed by atoms with van der Waals surface area (Å²) in [5, 5.41) is 14.3. The predicted octanol–water partition coefficient (Wildman–Crippen LogP) is 2.00. The Bertz CT molecular complexity index is 452. The molecule has 104 valence electrons. The van der Waals surface area contributed by atoms with Crippen LogP contribution in [0.25, 0.3) is 0 Å². The van der Waals surface area contributed by atoms with E-state index in [-0.39, 0.29) is 5.84 Å². The Morgan fingerprint density at radius 2 is 1.95 bits per heavy atom. The number of hydrogen-bond donors (Lipinski definition) is 3. The van der Waals surface area contributed by atoms with Crippen molar-refractivity contribution in [2.45, 2.75) is 32.4 Å². The summed E-state index contributed by atoms with van der Waals surface area (Å²) < 4.78 is 5.14. The number of hydrogen-bond acceptors (Lipinski definition) is 4. The SMILES string of the molecule is CC(C)(C)OC(=O)N[C@H](/C(N)=N\O)c1ccccc1. The Labute approximate surface area is 112 Å². The number of oxime groups is 1. The fraction of sp³-hybridized carbons (Fsp3) is 0.385. The first-order valence-electron chi connectivity index (χ1n) is 5.85. The average Bonchev–Trinajstić information content (AvgIpc) is 2.34. The number of ether oxygens (including phenoxy) is 1. The predicted molar refractivity (Wildman–Crippen MR) is 72.0 cm³/mol. The lowest BCUT2D eigenvalue weighted by molar-refractivity contribution is 0.0517. The monoisotopic (exact) mass is 265 g/mol. The molecule has 0 aliphatic carbocycles. The average molecular weight is 265 g/mol. The molecule has 0 aromatic heterocycles. The van der Waals surface area contributed by atoms with E-state index in [9.17, 15) is 4.79 Å². The van der Waals surface area contributed by atoms with Crippen LogP contribution in [0.4, 0.5) is 4.79 Å². The molecule has 1 amide bonds. The van der Waals surface area contributed by atoms with E-state index in [1.807, 2.05) is 6.07 Å². The molecule has 0 aliphatic heterocycles. The molecular formula is C13H19N3O3. The lowest BCUT2D eigenvalue weighted by atomic mass is 10.1. The van der Waals surface area contributed by atoms with Gasteiger partial charge in [-0.15, -0.1) is 0 Å². The van der Waals surface area contributed by atoms with Gasteiger partial charge in [0, 0.05) is 0 Å². The van der Waals surface area contributed by atoms with E-state index in [1.54, 1.807) is 45.0 Å². The Hall–Kier alpha value is -2.24. The third-order valence-corrected chi connectivity index (χ3v) is 2.21. The zero-order valence-corrected chi connectivity index (χ0v) is 11.3. The molecule has 4 N–H and O–H groups in total. The van der Waals surface area contributed by atoms with Gasteiger partial charge in [-0.3, -0.25) is 0 Å². The van der Waals surface area contributed by atoms with Gasteiger partial charge < -0.3 is 21.0 Å². The summed E-state index contributed by atoms with van der Waals surface area (Å²) in [5.41, 5.74) is 5.67. The van der Waals surface area contributed by atoms with E-state index in [1.165, 1.54) is 0 Å². The maximum absolute atomic E-state index is 11.7. The van der Waals surface area contributed by atoms with Gasteiger partial charge in [-0.05, 0) is 26.3 Å². The fourth-order valence-electron chi connectivity index (χ4n) is 1.46. The highest BCUT2D eigenvalue weighted by Gasteiger charge is 2.23. The molecule has 6 nitrogen and oxygen atoms in total. The van der Waals surface area contributed by atoms with E-state index in [2.05, 4.69) is 10.5 Å². The Morgan fingerprint density at radius 1 is 1.37 bits per heavy atom. The number of carbonyl (C=O) groups is 1. The highest BCUT2D eigenvalue weighted by Crippen LogP contribution is 2.14. The summed E-state index contributed by atoms with van der Waals surface area (Å²) in [6.07, 6.45) is -0.632. The van der Waals surface area contributed by atoms with Crippen LogP contribution in [0.15, 0.2) is 35.5 Å². The molecule has 0 unspecified atom stereocenters. The number of amidine groups is 1. The zero-order chi connectivity index (χ0) is 14.5. The first-order chi connectivity index (χ1) is 8.83. The van der Waals surface area contributed by atoms with Gasteiger partial charge in [0.1, 0.15) is 11.6 Å². The van der Waals surface area contributed by atoms with Crippen molar-refractivity contribution >= 4 is 11.9 Å². The largest absolute Gasteiger partial charge is 0.444 e. The summed E-state index contributed by atoms with van der Waals surface area (Å²) in [5.74, 6) is -0.114. The van der Waals surface area contributed by atoms with Crippen molar-refractivity contribution in [3.8, 4) is 0 Å². The van der Waals surface area contributed by atoms with Crippen molar-refractivity contribution in [3.63, 3.8) is 0 Å². The van der Waals surface area contributed by atoms with Gasteiger partial charge in [-0.2, -0.15) is 0 Å². The van der Waals surface area contributed by atoms with Crippen molar-refractivity contribution in [3.05, 3.63) is 35.9 Å². The molecular weight excluding hydrogens is 246 g/mol. The fourth-order valence-corrected chi connectivity index (χ4v) is 1.46. The molecule has 1 rings (SSSR count). The third kappa shape index (κ3) is 4.87. The molecule has 19 heavy (non-hydrogen) atoms. The minimum Gasteiger partial charge on any atom is -0.444 e.